The third-order valence-electron chi connectivity index (χ3n) is 3.33. The van der Waals surface area contributed by atoms with E-state index in [1.807, 2.05) is 38.1 Å². The molecule has 1 N–H and O–H groups in total. The fraction of sp³-hybridized carbons (Fsp3) is 0.250. The molecule has 3 rings (SSSR count). The van der Waals surface area contributed by atoms with Crippen molar-refractivity contribution in [2.45, 2.75) is 26.9 Å². The van der Waals surface area contributed by atoms with E-state index in [0.717, 1.165) is 11.4 Å². The molecule has 0 bridgehead atoms. The second-order valence-electron chi connectivity index (χ2n) is 5.05. The summed E-state index contributed by atoms with van der Waals surface area (Å²) in [5.41, 5.74) is 2.26. The Bertz CT molecular complexity index is 807. The number of nitrogens with zero attached hydrogens (tertiary/aromatic N) is 4. The highest BCUT2D eigenvalue weighted by Crippen LogP contribution is 2.18. The number of nitrogens with one attached hydrogen (secondary N) is 1. The van der Waals surface area contributed by atoms with Gasteiger partial charge in [-0.15, -0.1) is 0 Å². The molecule has 1 aromatic carbocycles. The van der Waals surface area contributed by atoms with E-state index in [-0.39, 0.29) is 12.5 Å². The number of amides is 1. The smallest absolute Gasteiger partial charge is 0.276 e. The zero-order valence-corrected chi connectivity index (χ0v) is 13.0. The van der Waals surface area contributed by atoms with Crippen molar-refractivity contribution >= 4 is 5.91 Å². The van der Waals surface area contributed by atoms with Crippen molar-refractivity contribution in [1.29, 1.82) is 0 Å². The highest BCUT2D eigenvalue weighted by atomic mass is 16.5. The molecule has 0 spiro atoms. The summed E-state index contributed by atoms with van der Waals surface area (Å²) >= 11 is 0. The van der Waals surface area contributed by atoms with Crippen LogP contribution in [0.3, 0.4) is 0 Å². The van der Waals surface area contributed by atoms with Gasteiger partial charge in [-0.2, -0.15) is 10.1 Å². The highest BCUT2D eigenvalue weighted by Gasteiger charge is 2.15. The predicted octanol–water partition coefficient (Wildman–Crippen LogP) is 2.19. The van der Waals surface area contributed by atoms with Gasteiger partial charge in [-0.25, -0.2) is 0 Å². The van der Waals surface area contributed by atoms with Gasteiger partial charge in [0.15, 0.2) is 5.82 Å². The number of carbonyl (C=O) groups is 1. The van der Waals surface area contributed by atoms with E-state index in [1.165, 1.54) is 0 Å². The first-order chi connectivity index (χ1) is 11.2. The number of carbonyl (C=O) groups excluding carboxylic acids is 1. The SMILES string of the molecule is CCn1nc(C)cc1-c1nc(CNC(=O)c2ccccc2)no1. The molecule has 0 atom stereocenters. The molecule has 3 aromatic rings. The average Bonchev–Trinajstić information content (AvgIpc) is 3.19. The third-order valence-corrected chi connectivity index (χ3v) is 3.33. The number of rotatable bonds is 5. The maximum absolute atomic E-state index is 12.0. The van der Waals surface area contributed by atoms with Crippen LogP contribution < -0.4 is 5.32 Å². The minimum absolute atomic E-state index is 0.175. The van der Waals surface area contributed by atoms with E-state index in [0.29, 0.717) is 23.8 Å². The van der Waals surface area contributed by atoms with Crippen LogP contribution in [0.5, 0.6) is 0 Å². The monoisotopic (exact) mass is 311 g/mol. The van der Waals surface area contributed by atoms with Crippen molar-refractivity contribution < 1.29 is 9.32 Å². The molecule has 0 saturated heterocycles. The van der Waals surface area contributed by atoms with Crippen LogP contribution in [0.15, 0.2) is 40.9 Å². The summed E-state index contributed by atoms with van der Waals surface area (Å²) in [5.74, 6) is 0.647. The summed E-state index contributed by atoms with van der Waals surface area (Å²) in [6.07, 6.45) is 0. The number of aromatic nitrogens is 4. The molecule has 7 heteroatoms. The van der Waals surface area contributed by atoms with Gasteiger partial charge in [0.05, 0.1) is 12.2 Å². The fourth-order valence-electron chi connectivity index (χ4n) is 2.24. The number of aryl methyl sites for hydroxylation is 2. The lowest BCUT2D eigenvalue weighted by Crippen LogP contribution is -2.23. The van der Waals surface area contributed by atoms with Crippen LogP contribution in [0, 0.1) is 6.92 Å². The van der Waals surface area contributed by atoms with E-state index in [1.54, 1.807) is 16.8 Å². The molecule has 118 valence electrons. The molecule has 7 nitrogen and oxygen atoms in total. The summed E-state index contributed by atoms with van der Waals surface area (Å²) < 4.78 is 7.07. The Kier molecular flexibility index (Phi) is 4.18. The predicted molar refractivity (Wildman–Crippen MR) is 83.5 cm³/mol. The van der Waals surface area contributed by atoms with Gasteiger partial charge < -0.3 is 9.84 Å². The molecule has 23 heavy (non-hydrogen) atoms. The minimum Gasteiger partial charge on any atom is -0.345 e. The summed E-state index contributed by atoms with van der Waals surface area (Å²) in [6.45, 7) is 4.82. The summed E-state index contributed by atoms with van der Waals surface area (Å²) in [5, 5.41) is 11.0. The quantitative estimate of drug-likeness (QED) is 0.780. The van der Waals surface area contributed by atoms with Gasteiger partial charge in [-0.05, 0) is 32.0 Å². The Hall–Kier alpha value is -2.96. The third kappa shape index (κ3) is 3.28. The lowest BCUT2D eigenvalue weighted by atomic mass is 10.2. The van der Waals surface area contributed by atoms with Crippen molar-refractivity contribution in [3.05, 3.63) is 53.5 Å². The zero-order chi connectivity index (χ0) is 16.2. The first-order valence-electron chi connectivity index (χ1n) is 7.38. The van der Waals surface area contributed by atoms with Crippen molar-refractivity contribution in [1.82, 2.24) is 25.2 Å². The second-order valence-corrected chi connectivity index (χ2v) is 5.05. The molecule has 2 heterocycles. The molecule has 0 aliphatic carbocycles. The van der Waals surface area contributed by atoms with Crippen LogP contribution >= 0.6 is 0 Å². The lowest BCUT2D eigenvalue weighted by molar-refractivity contribution is 0.0949. The van der Waals surface area contributed by atoms with E-state index >= 15 is 0 Å². The second kappa shape index (κ2) is 6.43. The first-order valence-corrected chi connectivity index (χ1v) is 7.38. The van der Waals surface area contributed by atoms with Crippen molar-refractivity contribution in [2.75, 3.05) is 0 Å². The Morgan fingerprint density at radius 3 is 2.83 bits per heavy atom. The minimum atomic E-state index is -0.175. The topological polar surface area (TPSA) is 85.8 Å². The molecule has 2 aromatic heterocycles. The molecule has 1 amide bonds. The number of benzene rings is 1. The van der Waals surface area contributed by atoms with Crippen LogP contribution in [0.4, 0.5) is 0 Å². The van der Waals surface area contributed by atoms with Gasteiger partial charge in [0.1, 0.15) is 5.69 Å². The highest BCUT2D eigenvalue weighted by molar-refractivity contribution is 5.93. The summed E-state index contributed by atoms with van der Waals surface area (Å²) in [4.78, 5) is 16.3. The summed E-state index contributed by atoms with van der Waals surface area (Å²) in [6, 6.07) is 10.9. The molecule has 0 radical (unpaired) electrons. The zero-order valence-electron chi connectivity index (χ0n) is 13.0. The molecule has 0 unspecified atom stereocenters. The van der Waals surface area contributed by atoms with Gasteiger partial charge >= 0.3 is 0 Å². The van der Waals surface area contributed by atoms with Gasteiger partial charge in [0.25, 0.3) is 11.8 Å². The number of hydrogen-bond acceptors (Lipinski definition) is 5. The largest absolute Gasteiger partial charge is 0.345 e. The maximum Gasteiger partial charge on any atom is 0.276 e. The van der Waals surface area contributed by atoms with Gasteiger partial charge in [0, 0.05) is 12.1 Å². The Labute approximate surface area is 133 Å². The van der Waals surface area contributed by atoms with Crippen LogP contribution in [0.2, 0.25) is 0 Å². The first kappa shape index (κ1) is 15.0. The molecular weight excluding hydrogens is 294 g/mol. The van der Waals surface area contributed by atoms with Crippen LogP contribution in [0.25, 0.3) is 11.6 Å². The number of hydrogen-bond donors (Lipinski definition) is 1. The average molecular weight is 311 g/mol. The Morgan fingerprint density at radius 1 is 1.30 bits per heavy atom. The standard InChI is InChI=1S/C16H17N5O2/c1-3-21-13(9-11(2)19-21)16-18-14(20-23-16)10-17-15(22)12-7-5-4-6-8-12/h4-9H,3,10H2,1-2H3,(H,17,22). The van der Waals surface area contributed by atoms with Crippen LogP contribution in [-0.2, 0) is 13.1 Å². The Balaban J connectivity index is 1.69. The molecule has 0 aliphatic rings. The lowest BCUT2D eigenvalue weighted by Gasteiger charge is -2.01. The molecule has 0 saturated carbocycles. The van der Waals surface area contributed by atoms with E-state index in [4.69, 9.17) is 4.52 Å². The fourth-order valence-corrected chi connectivity index (χ4v) is 2.24. The van der Waals surface area contributed by atoms with E-state index in [9.17, 15) is 4.79 Å². The van der Waals surface area contributed by atoms with Gasteiger partial charge in [0.2, 0.25) is 0 Å². The van der Waals surface area contributed by atoms with E-state index < -0.39 is 0 Å². The molecular formula is C16H17N5O2. The van der Waals surface area contributed by atoms with E-state index in [2.05, 4.69) is 20.6 Å². The molecule has 0 aliphatic heterocycles. The van der Waals surface area contributed by atoms with Crippen LogP contribution in [-0.4, -0.2) is 25.8 Å². The van der Waals surface area contributed by atoms with Crippen molar-refractivity contribution in [2.24, 2.45) is 0 Å². The summed E-state index contributed by atoms with van der Waals surface area (Å²) in [7, 11) is 0. The Morgan fingerprint density at radius 2 is 2.09 bits per heavy atom. The van der Waals surface area contributed by atoms with Crippen molar-refractivity contribution in [3.63, 3.8) is 0 Å². The molecule has 0 fully saturated rings. The normalized spacial score (nSPS) is 10.7. The van der Waals surface area contributed by atoms with Gasteiger partial charge in [-0.1, -0.05) is 23.4 Å². The van der Waals surface area contributed by atoms with Crippen LogP contribution in [0.1, 0.15) is 28.8 Å². The van der Waals surface area contributed by atoms with Gasteiger partial charge in [-0.3, -0.25) is 9.48 Å². The maximum atomic E-state index is 12.0. The van der Waals surface area contributed by atoms with Crippen molar-refractivity contribution in [3.8, 4) is 11.6 Å².